The largest absolute Gasteiger partial charge is 0.492 e. The number of nitrogens with one attached hydrogen (secondary N) is 1. The lowest BCUT2D eigenvalue weighted by Gasteiger charge is -2.10. The Hall–Kier alpha value is -2.47. The molecule has 1 aromatic heterocycles. The predicted molar refractivity (Wildman–Crippen MR) is 133 cm³/mol. The molecule has 0 saturated carbocycles. The Morgan fingerprint density at radius 2 is 2.00 bits per heavy atom. The summed E-state index contributed by atoms with van der Waals surface area (Å²) in [6.07, 6.45) is 2.81. The molecule has 1 amide bonds. The lowest BCUT2D eigenvalue weighted by atomic mass is 10.1. The average molecular weight is 473 g/mol. The van der Waals surface area contributed by atoms with Crippen molar-refractivity contribution < 1.29 is 14.3 Å². The van der Waals surface area contributed by atoms with Crippen molar-refractivity contribution in [1.29, 1.82) is 5.26 Å². The van der Waals surface area contributed by atoms with Crippen molar-refractivity contribution in [3.05, 3.63) is 34.3 Å². The fourth-order valence-electron chi connectivity index (χ4n) is 3.06. The first kappa shape index (κ1) is 26.8. The molecule has 7 nitrogen and oxygen atoms in total. The molecule has 8 heteroatoms. The van der Waals surface area contributed by atoms with Gasteiger partial charge < -0.3 is 19.7 Å². The van der Waals surface area contributed by atoms with Crippen LogP contribution in [0, 0.1) is 24.2 Å². The quantitative estimate of drug-likeness (QED) is 0.407. The Morgan fingerprint density at radius 1 is 1.24 bits per heavy atom. The molecule has 0 aliphatic carbocycles. The highest BCUT2D eigenvalue weighted by Crippen LogP contribution is 2.31. The molecule has 1 N–H and O–H groups in total. The van der Waals surface area contributed by atoms with Crippen molar-refractivity contribution in [1.82, 2.24) is 15.2 Å². The molecular formula is C25H36N4O3S. The Balaban J connectivity index is 1.85. The normalized spacial score (nSPS) is 11.1. The molecule has 0 saturated heterocycles. The highest BCUT2D eigenvalue weighted by Gasteiger charge is 2.17. The number of carbonyl (C=O) groups excluding carboxylic acids is 1. The summed E-state index contributed by atoms with van der Waals surface area (Å²) in [7, 11) is 4.11. The molecule has 0 atom stereocenters. The lowest BCUT2D eigenvalue weighted by molar-refractivity contribution is 0.0950. The number of carbonyl (C=O) groups is 1. The van der Waals surface area contributed by atoms with Gasteiger partial charge in [-0.1, -0.05) is 13.8 Å². The molecule has 1 heterocycles. The van der Waals surface area contributed by atoms with Gasteiger partial charge in [-0.3, -0.25) is 4.79 Å². The summed E-state index contributed by atoms with van der Waals surface area (Å²) in [6, 6.07) is 7.65. The fraction of sp³-hybridized carbons (Fsp3) is 0.560. The van der Waals surface area contributed by atoms with E-state index in [9.17, 15) is 10.1 Å². The van der Waals surface area contributed by atoms with Gasteiger partial charge in [0.1, 0.15) is 21.7 Å². The van der Waals surface area contributed by atoms with E-state index in [2.05, 4.69) is 49.2 Å². The molecule has 2 aromatic rings. The molecule has 0 fully saturated rings. The van der Waals surface area contributed by atoms with Gasteiger partial charge in [0.25, 0.3) is 5.91 Å². The van der Waals surface area contributed by atoms with E-state index in [1.54, 1.807) is 12.1 Å². The first-order chi connectivity index (χ1) is 15.8. The predicted octanol–water partition coefficient (Wildman–Crippen LogP) is 4.50. The van der Waals surface area contributed by atoms with Crippen LogP contribution in [-0.4, -0.2) is 62.8 Å². The topological polar surface area (TPSA) is 87.5 Å². The van der Waals surface area contributed by atoms with Crippen LogP contribution in [0.2, 0.25) is 0 Å². The maximum Gasteiger partial charge on any atom is 0.263 e. The van der Waals surface area contributed by atoms with Crippen molar-refractivity contribution in [2.45, 2.75) is 40.0 Å². The number of amides is 1. The summed E-state index contributed by atoms with van der Waals surface area (Å²) in [5.74, 6) is 0.836. The average Bonchev–Trinajstić information content (AvgIpc) is 3.17. The second kappa shape index (κ2) is 13.9. The Bertz CT molecular complexity index is 934. The van der Waals surface area contributed by atoms with Crippen LogP contribution in [0.4, 0.5) is 0 Å². The lowest BCUT2D eigenvalue weighted by Crippen LogP contribution is -2.24. The third kappa shape index (κ3) is 9.12. The van der Waals surface area contributed by atoms with Crippen LogP contribution < -0.4 is 10.1 Å². The standard InChI is InChI=1S/C25H36N4O3S/c1-18(2)17-32-22-10-9-20(15-21(22)16-26)25-28-19(3)23(33-25)24(30)27-11-6-7-13-31-14-8-12-29(4)5/h9-10,15,18H,6-8,11-14,17H2,1-5H3,(H,27,30). The zero-order valence-electron chi connectivity index (χ0n) is 20.4. The van der Waals surface area contributed by atoms with Crippen LogP contribution in [0.3, 0.4) is 0 Å². The van der Waals surface area contributed by atoms with Crippen LogP contribution >= 0.6 is 11.3 Å². The number of ether oxygens (including phenoxy) is 2. The Morgan fingerprint density at radius 3 is 2.70 bits per heavy atom. The van der Waals surface area contributed by atoms with Crippen LogP contribution in [0.25, 0.3) is 10.6 Å². The van der Waals surface area contributed by atoms with Gasteiger partial charge in [-0.05, 0) is 70.9 Å². The van der Waals surface area contributed by atoms with Gasteiger partial charge in [-0.25, -0.2) is 4.98 Å². The van der Waals surface area contributed by atoms with Gasteiger partial charge in [0.05, 0.1) is 17.9 Å². The summed E-state index contributed by atoms with van der Waals surface area (Å²) in [5, 5.41) is 13.2. The molecule has 2 rings (SSSR count). The highest BCUT2D eigenvalue weighted by atomic mass is 32.1. The molecule has 0 unspecified atom stereocenters. The monoisotopic (exact) mass is 472 g/mol. The van der Waals surface area contributed by atoms with E-state index >= 15 is 0 Å². The summed E-state index contributed by atoms with van der Waals surface area (Å²) in [4.78, 5) is 19.9. The Kier molecular flexibility index (Phi) is 11.3. The van der Waals surface area contributed by atoms with Gasteiger partial charge in [0.2, 0.25) is 0 Å². The van der Waals surface area contributed by atoms with E-state index in [0.29, 0.717) is 47.6 Å². The zero-order valence-corrected chi connectivity index (χ0v) is 21.3. The van der Waals surface area contributed by atoms with E-state index in [1.807, 2.05) is 13.0 Å². The fourth-order valence-corrected chi connectivity index (χ4v) is 4.04. The smallest absolute Gasteiger partial charge is 0.263 e. The minimum atomic E-state index is -0.111. The second-order valence-corrected chi connectivity index (χ2v) is 9.69. The third-order valence-corrected chi connectivity index (χ3v) is 6.02. The second-order valence-electron chi connectivity index (χ2n) is 8.69. The minimum Gasteiger partial charge on any atom is -0.492 e. The van der Waals surface area contributed by atoms with E-state index in [4.69, 9.17) is 9.47 Å². The van der Waals surface area contributed by atoms with Crippen molar-refractivity contribution in [2.24, 2.45) is 5.92 Å². The maximum atomic E-state index is 12.6. The number of nitriles is 1. The summed E-state index contributed by atoms with van der Waals surface area (Å²) in [6.45, 7) is 9.63. The number of nitrogens with zero attached hydrogens (tertiary/aromatic N) is 3. The number of benzene rings is 1. The van der Waals surface area contributed by atoms with Crippen LogP contribution in [-0.2, 0) is 4.74 Å². The zero-order chi connectivity index (χ0) is 24.2. The van der Waals surface area contributed by atoms with Crippen LogP contribution in [0.15, 0.2) is 18.2 Å². The third-order valence-electron chi connectivity index (χ3n) is 4.82. The number of aryl methyl sites for hydroxylation is 1. The summed E-state index contributed by atoms with van der Waals surface area (Å²) < 4.78 is 11.4. The molecular weight excluding hydrogens is 436 g/mol. The molecule has 1 aromatic carbocycles. The number of hydrogen-bond acceptors (Lipinski definition) is 7. The summed E-state index contributed by atoms with van der Waals surface area (Å²) in [5.41, 5.74) is 1.97. The first-order valence-corrected chi connectivity index (χ1v) is 12.3. The van der Waals surface area contributed by atoms with Crippen LogP contribution in [0.1, 0.15) is 54.0 Å². The van der Waals surface area contributed by atoms with E-state index < -0.39 is 0 Å². The van der Waals surface area contributed by atoms with Gasteiger partial charge in [0, 0.05) is 25.3 Å². The molecule has 0 bridgehead atoms. The highest BCUT2D eigenvalue weighted by molar-refractivity contribution is 7.17. The molecule has 180 valence electrons. The number of hydrogen-bond donors (Lipinski definition) is 1. The van der Waals surface area contributed by atoms with Gasteiger partial charge in [0.15, 0.2) is 0 Å². The molecule has 0 radical (unpaired) electrons. The van der Waals surface area contributed by atoms with Crippen molar-refractivity contribution in [2.75, 3.05) is 47.0 Å². The van der Waals surface area contributed by atoms with Gasteiger partial charge in [-0.15, -0.1) is 11.3 Å². The first-order valence-electron chi connectivity index (χ1n) is 11.5. The van der Waals surface area contributed by atoms with Crippen molar-refractivity contribution >= 4 is 17.2 Å². The van der Waals surface area contributed by atoms with E-state index in [1.165, 1.54) is 11.3 Å². The molecule has 33 heavy (non-hydrogen) atoms. The number of aromatic nitrogens is 1. The number of unbranched alkanes of at least 4 members (excludes halogenated alkanes) is 1. The number of thiazole rings is 1. The van der Waals surface area contributed by atoms with Crippen molar-refractivity contribution in [3.63, 3.8) is 0 Å². The minimum absolute atomic E-state index is 0.111. The molecule has 0 aliphatic rings. The van der Waals surface area contributed by atoms with Crippen LogP contribution in [0.5, 0.6) is 5.75 Å². The Labute approximate surface area is 201 Å². The molecule has 0 aliphatic heterocycles. The van der Waals surface area contributed by atoms with Gasteiger partial charge >= 0.3 is 0 Å². The van der Waals surface area contributed by atoms with E-state index in [-0.39, 0.29) is 5.91 Å². The molecule has 0 spiro atoms. The number of rotatable bonds is 14. The maximum absolute atomic E-state index is 12.6. The summed E-state index contributed by atoms with van der Waals surface area (Å²) >= 11 is 1.34. The van der Waals surface area contributed by atoms with Gasteiger partial charge in [-0.2, -0.15) is 5.26 Å². The van der Waals surface area contributed by atoms with E-state index in [0.717, 1.165) is 43.0 Å². The SMILES string of the molecule is Cc1nc(-c2ccc(OCC(C)C)c(C#N)c2)sc1C(=O)NCCCCOCCCN(C)C. The van der Waals surface area contributed by atoms with Crippen molar-refractivity contribution in [3.8, 4) is 22.4 Å².